The molecule has 1 aromatic heterocycles. The van der Waals surface area contributed by atoms with Gasteiger partial charge in [-0.25, -0.2) is 13.2 Å². The van der Waals surface area contributed by atoms with E-state index in [1.54, 1.807) is 0 Å². The molecule has 1 saturated heterocycles. The topological polar surface area (TPSA) is 112 Å². The number of aryl methyl sites for hydroxylation is 1. The summed E-state index contributed by atoms with van der Waals surface area (Å²) in [5.74, 6) is -1.20. The van der Waals surface area contributed by atoms with E-state index in [0.717, 1.165) is 11.1 Å². The number of H-pyrrole nitrogens is 1. The van der Waals surface area contributed by atoms with E-state index in [-0.39, 0.29) is 22.9 Å². The number of carbonyl (C=O) groups excluding carboxylic acids is 1. The molecule has 1 aliphatic heterocycles. The lowest BCUT2D eigenvalue weighted by atomic mass is 9.98. The number of aromatic amines is 1. The largest absolute Gasteiger partial charge is 0.417 e. The van der Waals surface area contributed by atoms with E-state index in [4.69, 9.17) is 4.42 Å². The summed E-state index contributed by atoms with van der Waals surface area (Å²) < 4.78 is 32.5. The van der Waals surface area contributed by atoms with Gasteiger partial charge in [0, 0.05) is 25.7 Å². The van der Waals surface area contributed by atoms with Gasteiger partial charge in [-0.05, 0) is 37.5 Å². The first-order chi connectivity index (χ1) is 14.3. The summed E-state index contributed by atoms with van der Waals surface area (Å²) in [6, 6.07) is 12.2. The minimum Gasteiger partial charge on any atom is -0.408 e. The quantitative estimate of drug-likeness (QED) is 0.645. The number of benzene rings is 2. The summed E-state index contributed by atoms with van der Waals surface area (Å²) in [4.78, 5) is 26.5. The standard InChI is InChI=1S/C21H23N3O5S/c1-14-4-6-15(7-5-14)12-22-20(25)16-3-2-10-24(13-16)30(27,28)17-8-9-18-19(11-17)29-21(26)23-18/h4-9,11,16H,2-3,10,12-13H2,1H3,(H,22,25)(H,23,26). The number of carbonyl (C=O) groups is 1. The number of aromatic nitrogens is 1. The molecule has 1 fully saturated rings. The number of piperidine rings is 1. The summed E-state index contributed by atoms with van der Waals surface area (Å²) in [6.07, 6.45) is 1.24. The summed E-state index contributed by atoms with van der Waals surface area (Å²) in [5.41, 5.74) is 2.77. The molecular formula is C21H23N3O5S. The van der Waals surface area contributed by atoms with Gasteiger partial charge in [0.15, 0.2) is 5.58 Å². The van der Waals surface area contributed by atoms with Crippen molar-refractivity contribution in [2.75, 3.05) is 13.1 Å². The molecule has 1 unspecified atom stereocenters. The Labute approximate surface area is 173 Å². The maximum absolute atomic E-state index is 13.1. The second-order valence-corrected chi connectivity index (χ2v) is 9.52. The molecule has 1 aliphatic rings. The molecule has 9 heteroatoms. The lowest BCUT2D eigenvalue weighted by molar-refractivity contribution is -0.126. The molecule has 0 saturated carbocycles. The van der Waals surface area contributed by atoms with Crippen LogP contribution in [-0.4, -0.2) is 36.7 Å². The maximum atomic E-state index is 13.1. The fraction of sp³-hybridized carbons (Fsp3) is 0.333. The van der Waals surface area contributed by atoms with E-state index in [9.17, 15) is 18.0 Å². The van der Waals surface area contributed by atoms with Crippen molar-refractivity contribution in [3.63, 3.8) is 0 Å². The van der Waals surface area contributed by atoms with E-state index in [1.165, 1.54) is 22.5 Å². The molecule has 0 bridgehead atoms. The predicted molar refractivity (Wildman–Crippen MR) is 111 cm³/mol. The summed E-state index contributed by atoms with van der Waals surface area (Å²) >= 11 is 0. The van der Waals surface area contributed by atoms with E-state index in [0.29, 0.717) is 31.4 Å². The number of nitrogens with zero attached hydrogens (tertiary/aromatic N) is 1. The van der Waals surface area contributed by atoms with Crippen LogP contribution < -0.4 is 11.1 Å². The first-order valence-corrected chi connectivity index (χ1v) is 11.2. The van der Waals surface area contributed by atoms with E-state index < -0.39 is 21.7 Å². The highest BCUT2D eigenvalue weighted by Gasteiger charge is 2.33. The van der Waals surface area contributed by atoms with Gasteiger partial charge >= 0.3 is 5.76 Å². The van der Waals surface area contributed by atoms with Crippen LogP contribution in [0.25, 0.3) is 11.1 Å². The second-order valence-electron chi connectivity index (χ2n) is 7.58. The van der Waals surface area contributed by atoms with Crippen molar-refractivity contribution in [2.24, 2.45) is 5.92 Å². The van der Waals surface area contributed by atoms with E-state index >= 15 is 0 Å². The van der Waals surface area contributed by atoms with Gasteiger partial charge in [-0.1, -0.05) is 29.8 Å². The Bertz CT molecular complexity index is 1230. The Balaban J connectivity index is 1.45. The summed E-state index contributed by atoms with van der Waals surface area (Å²) in [5, 5.41) is 2.91. The third-order valence-corrected chi connectivity index (χ3v) is 7.23. The lowest BCUT2D eigenvalue weighted by Gasteiger charge is -2.31. The van der Waals surface area contributed by atoms with Gasteiger partial charge in [-0.15, -0.1) is 0 Å². The SMILES string of the molecule is Cc1ccc(CNC(=O)C2CCCN(S(=O)(=O)c3ccc4[nH]c(=O)oc4c3)C2)cc1. The molecule has 158 valence electrons. The fourth-order valence-electron chi connectivity index (χ4n) is 3.65. The molecule has 0 radical (unpaired) electrons. The van der Waals surface area contributed by atoms with Crippen molar-refractivity contribution in [3.05, 3.63) is 64.1 Å². The van der Waals surface area contributed by atoms with Crippen LogP contribution >= 0.6 is 0 Å². The fourth-order valence-corrected chi connectivity index (χ4v) is 5.19. The molecule has 0 spiro atoms. The number of sulfonamides is 1. The Kier molecular flexibility index (Phi) is 5.48. The number of nitrogens with one attached hydrogen (secondary N) is 2. The molecule has 2 N–H and O–H groups in total. The van der Waals surface area contributed by atoms with Crippen LogP contribution in [0.15, 0.2) is 56.6 Å². The van der Waals surface area contributed by atoms with Gasteiger partial charge < -0.3 is 9.73 Å². The number of hydrogen-bond acceptors (Lipinski definition) is 5. The number of oxazole rings is 1. The number of amides is 1. The third-order valence-electron chi connectivity index (χ3n) is 5.37. The number of hydrogen-bond donors (Lipinski definition) is 2. The van der Waals surface area contributed by atoms with Crippen LogP contribution in [0.4, 0.5) is 0 Å². The molecule has 3 aromatic rings. The predicted octanol–water partition coefficient (Wildman–Crippen LogP) is 2.15. The first kappa shape index (κ1) is 20.4. The molecule has 4 rings (SSSR count). The van der Waals surface area contributed by atoms with Gasteiger partial charge in [0.2, 0.25) is 15.9 Å². The van der Waals surface area contributed by atoms with Crippen LogP contribution in [0.1, 0.15) is 24.0 Å². The zero-order chi connectivity index (χ0) is 21.3. The van der Waals surface area contributed by atoms with Crippen molar-refractivity contribution < 1.29 is 17.6 Å². The maximum Gasteiger partial charge on any atom is 0.417 e. The zero-order valence-corrected chi connectivity index (χ0v) is 17.4. The average molecular weight is 429 g/mol. The minimum absolute atomic E-state index is 0.0402. The first-order valence-electron chi connectivity index (χ1n) is 9.79. The average Bonchev–Trinajstić information content (AvgIpc) is 3.12. The highest BCUT2D eigenvalue weighted by Crippen LogP contribution is 2.25. The van der Waals surface area contributed by atoms with Gasteiger partial charge in [-0.3, -0.25) is 9.78 Å². The van der Waals surface area contributed by atoms with Crippen LogP contribution in [-0.2, 0) is 21.4 Å². The molecule has 8 nitrogen and oxygen atoms in total. The Morgan fingerprint density at radius 2 is 2.00 bits per heavy atom. The van der Waals surface area contributed by atoms with Crippen LogP contribution in [0.2, 0.25) is 0 Å². The molecule has 1 amide bonds. The van der Waals surface area contributed by atoms with Gasteiger partial charge in [-0.2, -0.15) is 4.31 Å². The summed E-state index contributed by atoms with van der Waals surface area (Å²) in [7, 11) is -3.81. The molecule has 1 atom stereocenters. The molecular weight excluding hydrogens is 406 g/mol. The van der Waals surface area contributed by atoms with Crippen molar-refractivity contribution in [1.29, 1.82) is 0 Å². The molecule has 0 aliphatic carbocycles. The number of rotatable bonds is 5. The van der Waals surface area contributed by atoms with Crippen LogP contribution in [0.5, 0.6) is 0 Å². The van der Waals surface area contributed by atoms with Crippen LogP contribution in [0, 0.1) is 12.8 Å². The summed E-state index contributed by atoms with van der Waals surface area (Å²) in [6.45, 7) is 2.88. The highest BCUT2D eigenvalue weighted by molar-refractivity contribution is 7.89. The van der Waals surface area contributed by atoms with Crippen molar-refractivity contribution in [1.82, 2.24) is 14.6 Å². The Morgan fingerprint density at radius 1 is 1.23 bits per heavy atom. The smallest absolute Gasteiger partial charge is 0.408 e. The highest BCUT2D eigenvalue weighted by atomic mass is 32.2. The molecule has 2 aromatic carbocycles. The van der Waals surface area contributed by atoms with Gasteiger partial charge in [0.1, 0.15) is 0 Å². The zero-order valence-electron chi connectivity index (χ0n) is 16.6. The van der Waals surface area contributed by atoms with Crippen molar-refractivity contribution >= 4 is 27.0 Å². The minimum atomic E-state index is -3.81. The molecule has 2 heterocycles. The van der Waals surface area contributed by atoms with Gasteiger partial charge in [0.25, 0.3) is 0 Å². The lowest BCUT2D eigenvalue weighted by Crippen LogP contribution is -2.45. The van der Waals surface area contributed by atoms with Crippen molar-refractivity contribution in [2.45, 2.75) is 31.2 Å². The second kappa shape index (κ2) is 8.08. The molecule has 30 heavy (non-hydrogen) atoms. The normalized spacial score (nSPS) is 17.8. The third kappa shape index (κ3) is 4.17. The van der Waals surface area contributed by atoms with Crippen molar-refractivity contribution in [3.8, 4) is 0 Å². The van der Waals surface area contributed by atoms with E-state index in [1.807, 2.05) is 31.2 Å². The number of fused-ring (bicyclic) bond motifs is 1. The monoisotopic (exact) mass is 429 g/mol. The van der Waals surface area contributed by atoms with Gasteiger partial charge in [0.05, 0.1) is 16.3 Å². The Hall–Kier alpha value is -2.91. The Morgan fingerprint density at radius 3 is 2.77 bits per heavy atom. The van der Waals surface area contributed by atoms with E-state index in [2.05, 4.69) is 10.3 Å². The van der Waals surface area contributed by atoms with Crippen LogP contribution in [0.3, 0.4) is 0 Å².